The molecule has 0 spiro atoms. The van der Waals surface area contributed by atoms with E-state index in [-0.39, 0.29) is 11.5 Å². The van der Waals surface area contributed by atoms with Gasteiger partial charge in [0.25, 0.3) is 0 Å². The molecule has 2 rings (SSSR count). The fourth-order valence-electron chi connectivity index (χ4n) is 3.02. The maximum atomic E-state index is 11.7. The summed E-state index contributed by atoms with van der Waals surface area (Å²) in [5.41, 5.74) is 0.940. The molecule has 0 radical (unpaired) electrons. The van der Waals surface area contributed by atoms with E-state index in [1.54, 1.807) is 14.2 Å². The van der Waals surface area contributed by atoms with Crippen molar-refractivity contribution in [1.82, 2.24) is 4.90 Å². The van der Waals surface area contributed by atoms with Gasteiger partial charge in [-0.1, -0.05) is 6.07 Å². The molecule has 1 aliphatic rings. The molecule has 2 atom stereocenters. The maximum absolute atomic E-state index is 11.7. The molecule has 1 aromatic rings. The molecule has 0 aromatic heterocycles. The Kier molecular flexibility index (Phi) is 4.66. The summed E-state index contributed by atoms with van der Waals surface area (Å²) in [7, 11) is 3.18. The lowest BCUT2D eigenvalue weighted by molar-refractivity contribution is -0.141. The molecule has 0 bridgehead atoms. The highest BCUT2D eigenvalue weighted by atomic mass is 16.5. The Morgan fingerprint density at radius 3 is 2.32 bits per heavy atom. The fraction of sp³-hybridized carbons (Fsp3) is 0.588. The van der Waals surface area contributed by atoms with Crippen molar-refractivity contribution in [1.29, 1.82) is 0 Å². The summed E-state index contributed by atoms with van der Waals surface area (Å²) in [6, 6.07) is 5.67. The van der Waals surface area contributed by atoms with Gasteiger partial charge in [0.1, 0.15) is 0 Å². The van der Waals surface area contributed by atoms with Gasteiger partial charge >= 0.3 is 5.97 Å². The van der Waals surface area contributed by atoms with Crippen LogP contribution < -0.4 is 9.47 Å². The molecule has 0 aliphatic carbocycles. The lowest BCUT2D eigenvalue weighted by atomic mass is 9.89. The third-order valence-corrected chi connectivity index (χ3v) is 4.42. The molecule has 1 N–H and O–H groups in total. The molecule has 1 saturated heterocycles. The first-order valence-electron chi connectivity index (χ1n) is 7.47. The molecule has 0 amide bonds. The van der Waals surface area contributed by atoms with E-state index in [1.807, 2.05) is 18.2 Å². The highest BCUT2D eigenvalue weighted by molar-refractivity contribution is 5.72. The minimum Gasteiger partial charge on any atom is -0.493 e. The molecule has 22 heavy (non-hydrogen) atoms. The van der Waals surface area contributed by atoms with E-state index in [0.29, 0.717) is 18.0 Å². The van der Waals surface area contributed by atoms with E-state index in [1.165, 1.54) is 0 Å². The monoisotopic (exact) mass is 307 g/mol. The van der Waals surface area contributed by atoms with Crippen molar-refractivity contribution in [3.05, 3.63) is 23.8 Å². The second kappa shape index (κ2) is 6.16. The summed E-state index contributed by atoms with van der Waals surface area (Å²) >= 11 is 0. The number of benzene rings is 1. The topological polar surface area (TPSA) is 59.0 Å². The van der Waals surface area contributed by atoms with Crippen LogP contribution in [-0.2, 0) is 4.79 Å². The largest absolute Gasteiger partial charge is 0.493 e. The quantitative estimate of drug-likeness (QED) is 0.926. The molecule has 5 heteroatoms. The molecule has 1 aromatic carbocycles. The van der Waals surface area contributed by atoms with E-state index in [9.17, 15) is 9.90 Å². The minimum atomic E-state index is -0.744. The molecular formula is C17H25NO4. The van der Waals surface area contributed by atoms with Gasteiger partial charge in [0.15, 0.2) is 11.5 Å². The zero-order valence-electron chi connectivity index (χ0n) is 13.9. The molecule has 0 saturated carbocycles. The minimum absolute atomic E-state index is 0.0427. The second-order valence-corrected chi connectivity index (χ2v) is 6.74. The van der Waals surface area contributed by atoms with E-state index in [0.717, 1.165) is 12.1 Å². The van der Waals surface area contributed by atoms with Crippen molar-refractivity contribution in [2.45, 2.75) is 32.2 Å². The maximum Gasteiger partial charge on any atom is 0.308 e. The number of rotatable bonds is 4. The van der Waals surface area contributed by atoms with Crippen LogP contribution in [0.5, 0.6) is 11.5 Å². The highest BCUT2D eigenvalue weighted by Crippen LogP contribution is 2.39. The van der Waals surface area contributed by atoms with E-state index < -0.39 is 11.9 Å². The van der Waals surface area contributed by atoms with Gasteiger partial charge in [-0.2, -0.15) is 0 Å². The first-order chi connectivity index (χ1) is 10.3. The number of carbonyl (C=O) groups is 1. The van der Waals surface area contributed by atoms with Crippen LogP contribution in [0.15, 0.2) is 18.2 Å². The molecule has 1 heterocycles. The Balaban J connectivity index is 2.35. The van der Waals surface area contributed by atoms with Crippen molar-refractivity contribution in [2.24, 2.45) is 5.92 Å². The van der Waals surface area contributed by atoms with Crippen LogP contribution in [0.4, 0.5) is 0 Å². The SMILES string of the molecule is COc1ccc([C@H]2CN(C(C)(C)C)C[C@@H]2C(=O)O)cc1OC. The van der Waals surface area contributed by atoms with Crippen molar-refractivity contribution in [3.8, 4) is 11.5 Å². The van der Waals surface area contributed by atoms with Gasteiger partial charge in [-0.05, 0) is 38.5 Å². The van der Waals surface area contributed by atoms with Crippen molar-refractivity contribution in [2.75, 3.05) is 27.3 Å². The van der Waals surface area contributed by atoms with Crippen molar-refractivity contribution < 1.29 is 19.4 Å². The average Bonchev–Trinajstić information content (AvgIpc) is 2.92. The van der Waals surface area contributed by atoms with Gasteiger partial charge in [0.2, 0.25) is 0 Å². The van der Waals surface area contributed by atoms with Crippen LogP contribution in [0.25, 0.3) is 0 Å². The molecule has 5 nitrogen and oxygen atoms in total. The third-order valence-electron chi connectivity index (χ3n) is 4.42. The Bertz CT molecular complexity index is 550. The van der Waals surface area contributed by atoms with Gasteiger partial charge < -0.3 is 14.6 Å². The van der Waals surface area contributed by atoms with Crippen LogP contribution in [0, 0.1) is 5.92 Å². The van der Waals surface area contributed by atoms with Crippen molar-refractivity contribution >= 4 is 5.97 Å². The molecule has 1 aliphatic heterocycles. The number of carboxylic acid groups (broad SMARTS) is 1. The number of carboxylic acids is 1. The first kappa shape index (κ1) is 16.6. The van der Waals surface area contributed by atoms with E-state index in [4.69, 9.17) is 9.47 Å². The Labute approximate surface area is 131 Å². The molecular weight excluding hydrogens is 282 g/mol. The summed E-state index contributed by atoms with van der Waals surface area (Å²) in [4.78, 5) is 13.9. The lowest BCUT2D eigenvalue weighted by Gasteiger charge is -2.31. The molecule has 122 valence electrons. The predicted molar refractivity (Wildman–Crippen MR) is 84.7 cm³/mol. The summed E-state index contributed by atoms with van der Waals surface area (Å²) in [6.07, 6.45) is 0. The Morgan fingerprint density at radius 2 is 1.82 bits per heavy atom. The summed E-state index contributed by atoms with van der Waals surface area (Å²) < 4.78 is 10.6. The number of methoxy groups -OCH3 is 2. The van der Waals surface area contributed by atoms with Crippen LogP contribution in [0.3, 0.4) is 0 Å². The van der Waals surface area contributed by atoms with Gasteiger partial charge in [0.05, 0.1) is 20.1 Å². The van der Waals surface area contributed by atoms with Gasteiger partial charge in [-0.3, -0.25) is 9.69 Å². The van der Waals surface area contributed by atoms with Crippen molar-refractivity contribution in [3.63, 3.8) is 0 Å². The predicted octanol–water partition coefficient (Wildman–Crippen LogP) is 2.60. The van der Waals surface area contributed by atoms with Gasteiger partial charge in [0, 0.05) is 24.5 Å². The second-order valence-electron chi connectivity index (χ2n) is 6.74. The number of likely N-dealkylation sites (tertiary alicyclic amines) is 1. The molecule has 0 unspecified atom stereocenters. The van der Waals surface area contributed by atoms with E-state index in [2.05, 4.69) is 25.7 Å². The number of aliphatic carboxylic acids is 1. The standard InChI is InChI=1S/C17H25NO4/c1-17(2,3)18-9-12(13(10-18)16(19)20)11-6-7-14(21-4)15(8-11)22-5/h6-8,12-13H,9-10H2,1-5H3,(H,19,20)/t12-,13+/m1/s1. The Morgan fingerprint density at radius 1 is 1.18 bits per heavy atom. The number of nitrogens with zero attached hydrogens (tertiary/aromatic N) is 1. The zero-order valence-corrected chi connectivity index (χ0v) is 13.9. The fourth-order valence-corrected chi connectivity index (χ4v) is 3.02. The smallest absolute Gasteiger partial charge is 0.308 e. The average molecular weight is 307 g/mol. The zero-order chi connectivity index (χ0) is 16.5. The van der Waals surface area contributed by atoms with E-state index >= 15 is 0 Å². The number of ether oxygens (including phenoxy) is 2. The summed E-state index contributed by atoms with van der Waals surface area (Å²) in [5.74, 6) is 0.0996. The number of hydrogen-bond donors (Lipinski definition) is 1. The first-order valence-corrected chi connectivity index (χ1v) is 7.47. The van der Waals surface area contributed by atoms with Crippen LogP contribution in [0.2, 0.25) is 0 Å². The third kappa shape index (κ3) is 3.19. The van der Waals surface area contributed by atoms with Gasteiger partial charge in [-0.25, -0.2) is 0 Å². The Hall–Kier alpha value is -1.75. The van der Waals surface area contributed by atoms with Crippen LogP contribution in [0.1, 0.15) is 32.3 Å². The molecule has 1 fully saturated rings. The summed E-state index contributed by atoms with van der Waals surface area (Å²) in [5, 5.41) is 9.57. The highest BCUT2D eigenvalue weighted by Gasteiger charge is 2.42. The summed E-state index contributed by atoms with van der Waals surface area (Å²) in [6.45, 7) is 7.64. The normalized spacial score (nSPS) is 22.6. The lowest BCUT2D eigenvalue weighted by Crippen LogP contribution is -2.40. The van der Waals surface area contributed by atoms with Gasteiger partial charge in [-0.15, -0.1) is 0 Å². The van der Waals surface area contributed by atoms with Crippen LogP contribution in [-0.4, -0.2) is 48.8 Å². The number of hydrogen-bond acceptors (Lipinski definition) is 4. The van der Waals surface area contributed by atoms with Crippen LogP contribution >= 0.6 is 0 Å².